The van der Waals surface area contributed by atoms with Crippen molar-refractivity contribution in [2.75, 3.05) is 6.61 Å². The van der Waals surface area contributed by atoms with Crippen LogP contribution in [0.1, 0.15) is 13.3 Å². The lowest BCUT2D eigenvalue weighted by molar-refractivity contribution is 0.0931. The average molecular weight is 208 g/mol. The molecule has 0 saturated heterocycles. The number of hydrogen-bond donors (Lipinski definition) is 0. The Labute approximate surface area is 90.4 Å². The molecule has 3 nitrogen and oxygen atoms in total. The molecule has 82 valence electrons. The fraction of sp³-hybridized carbons (Fsp3) is 0.250. The summed E-state index contributed by atoms with van der Waals surface area (Å²) in [6.45, 7) is 16.6. The molecule has 0 bridgehead atoms. The lowest BCUT2D eigenvalue weighted by atomic mass is 10.0. The monoisotopic (exact) mass is 208 g/mol. The first kappa shape index (κ1) is 13.2. The Morgan fingerprint density at radius 1 is 1.27 bits per heavy atom. The number of allylic oxidation sites excluding steroid dienone is 1. The van der Waals surface area contributed by atoms with Crippen molar-refractivity contribution < 1.29 is 14.3 Å². The van der Waals surface area contributed by atoms with Gasteiger partial charge >= 0.3 is 6.16 Å². The van der Waals surface area contributed by atoms with Gasteiger partial charge in [0.2, 0.25) is 0 Å². The van der Waals surface area contributed by atoms with Crippen LogP contribution >= 0.6 is 0 Å². The highest BCUT2D eigenvalue weighted by molar-refractivity contribution is 5.61. The Balaban J connectivity index is 4.04. The normalized spacial score (nSPS) is 8.87. The molecule has 0 fully saturated rings. The SMILES string of the molecule is C=COC(=O)OCC(=C)C(=C)C(=C)CC. The highest BCUT2D eigenvalue weighted by Gasteiger charge is 2.07. The van der Waals surface area contributed by atoms with Crippen molar-refractivity contribution in [2.24, 2.45) is 0 Å². The summed E-state index contributed by atoms with van der Waals surface area (Å²) in [6.07, 6.45) is 0.987. The Morgan fingerprint density at radius 2 is 1.87 bits per heavy atom. The van der Waals surface area contributed by atoms with E-state index in [1.54, 1.807) is 0 Å². The van der Waals surface area contributed by atoms with Crippen molar-refractivity contribution >= 4 is 6.16 Å². The number of carbonyl (C=O) groups is 1. The molecule has 0 aliphatic heterocycles. The van der Waals surface area contributed by atoms with E-state index in [-0.39, 0.29) is 6.61 Å². The second-order valence-electron chi connectivity index (χ2n) is 2.86. The third-order valence-electron chi connectivity index (χ3n) is 1.82. The van der Waals surface area contributed by atoms with Gasteiger partial charge in [-0.15, -0.1) is 0 Å². The fourth-order valence-corrected chi connectivity index (χ4v) is 0.799. The van der Waals surface area contributed by atoms with Gasteiger partial charge in [-0.25, -0.2) is 4.79 Å². The fourth-order valence-electron chi connectivity index (χ4n) is 0.799. The highest BCUT2D eigenvalue weighted by Crippen LogP contribution is 2.17. The zero-order valence-electron chi connectivity index (χ0n) is 9.04. The van der Waals surface area contributed by atoms with Gasteiger partial charge in [0, 0.05) is 0 Å². The molecule has 0 saturated carbocycles. The minimum absolute atomic E-state index is 0.0462. The van der Waals surface area contributed by atoms with Gasteiger partial charge in [0.05, 0.1) is 6.26 Å². The smallest absolute Gasteiger partial charge is 0.429 e. The number of ether oxygens (including phenoxy) is 2. The van der Waals surface area contributed by atoms with E-state index in [0.29, 0.717) is 11.1 Å². The van der Waals surface area contributed by atoms with E-state index < -0.39 is 6.16 Å². The van der Waals surface area contributed by atoms with Crippen LogP contribution in [0, 0.1) is 0 Å². The van der Waals surface area contributed by atoms with E-state index >= 15 is 0 Å². The van der Waals surface area contributed by atoms with E-state index in [9.17, 15) is 4.79 Å². The topological polar surface area (TPSA) is 35.5 Å². The van der Waals surface area contributed by atoms with Gasteiger partial charge in [-0.3, -0.25) is 0 Å². The van der Waals surface area contributed by atoms with Crippen LogP contribution in [0.4, 0.5) is 4.79 Å². The first-order valence-corrected chi connectivity index (χ1v) is 4.52. The molecule has 0 heterocycles. The first-order valence-electron chi connectivity index (χ1n) is 4.52. The molecule has 0 amide bonds. The summed E-state index contributed by atoms with van der Waals surface area (Å²) in [5.41, 5.74) is 2.20. The van der Waals surface area contributed by atoms with Gasteiger partial charge in [0.15, 0.2) is 0 Å². The maximum absolute atomic E-state index is 10.8. The summed E-state index contributed by atoms with van der Waals surface area (Å²) in [5, 5.41) is 0. The molecule has 0 aromatic rings. The van der Waals surface area contributed by atoms with Crippen LogP contribution in [-0.4, -0.2) is 12.8 Å². The maximum atomic E-state index is 10.8. The predicted octanol–water partition coefficient (Wildman–Crippen LogP) is 3.36. The van der Waals surface area contributed by atoms with E-state index in [2.05, 4.69) is 31.1 Å². The number of rotatable bonds is 6. The Bertz CT molecular complexity index is 300. The van der Waals surface area contributed by atoms with Gasteiger partial charge in [-0.2, -0.15) is 0 Å². The molecule has 0 rings (SSSR count). The lowest BCUT2D eigenvalue weighted by Gasteiger charge is -2.10. The van der Waals surface area contributed by atoms with Gasteiger partial charge in [-0.05, 0) is 23.1 Å². The van der Waals surface area contributed by atoms with Crippen molar-refractivity contribution in [3.63, 3.8) is 0 Å². The van der Waals surface area contributed by atoms with Crippen molar-refractivity contribution in [3.05, 3.63) is 49.3 Å². The van der Waals surface area contributed by atoms with Crippen LogP contribution in [0.3, 0.4) is 0 Å². The Kier molecular flexibility index (Phi) is 5.86. The Morgan fingerprint density at radius 3 is 2.33 bits per heavy atom. The average Bonchev–Trinajstić information content (AvgIpc) is 2.24. The first-order chi connectivity index (χ1) is 7.02. The minimum atomic E-state index is -0.805. The Hall–Kier alpha value is -1.77. The summed E-state index contributed by atoms with van der Waals surface area (Å²) < 4.78 is 9.09. The van der Waals surface area contributed by atoms with E-state index in [1.165, 1.54) is 0 Å². The molecule has 15 heavy (non-hydrogen) atoms. The zero-order chi connectivity index (χ0) is 11.8. The third-order valence-corrected chi connectivity index (χ3v) is 1.82. The van der Waals surface area contributed by atoms with Gasteiger partial charge in [-0.1, -0.05) is 33.2 Å². The largest absolute Gasteiger partial charge is 0.513 e. The van der Waals surface area contributed by atoms with Crippen LogP contribution in [-0.2, 0) is 9.47 Å². The second kappa shape index (κ2) is 6.65. The minimum Gasteiger partial charge on any atom is -0.429 e. The molecule has 0 spiro atoms. The molecular formula is C12H16O3. The standard InChI is InChI=1S/C12H16O3/c1-6-9(3)11(5)10(4)8-15-12(13)14-7-2/h7H,2-6,8H2,1H3. The van der Waals surface area contributed by atoms with Crippen molar-refractivity contribution in [2.45, 2.75) is 13.3 Å². The van der Waals surface area contributed by atoms with Crippen molar-refractivity contribution in [1.82, 2.24) is 0 Å². The molecule has 0 radical (unpaired) electrons. The number of carbonyl (C=O) groups excluding carboxylic acids is 1. The van der Waals surface area contributed by atoms with Crippen LogP contribution < -0.4 is 0 Å². The van der Waals surface area contributed by atoms with E-state index in [4.69, 9.17) is 4.74 Å². The number of hydrogen-bond acceptors (Lipinski definition) is 3. The summed E-state index contributed by atoms with van der Waals surface area (Å²) in [5.74, 6) is 0. The summed E-state index contributed by atoms with van der Waals surface area (Å²) >= 11 is 0. The van der Waals surface area contributed by atoms with Gasteiger partial charge in [0.1, 0.15) is 6.61 Å². The van der Waals surface area contributed by atoms with E-state index in [1.807, 2.05) is 6.92 Å². The second-order valence-corrected chi connectivity index (χ2v) is 2.86. The molecule has 0 aliphatic carbocycles. The summed E-state index contributed by atoms with van der Waals surface area (Å²) in [6, 6.07) is 0. The van der Waals surface area contributed by atoms with Crippen LogP contribution in [0.5, 0.6) is 0 Å². The molecule has 0 unspecified atom stereocenters. The molecule has 0 aliphatic rings. The molecule has 0 N–H and O–H groups in total. The van der Waals surface area contributed by atoms with Crippen LogP contribution in [0.25, 0.3) is 0 Å². The lowest BCUT2D eigenvalue weighted by Crippen LogP contribution is -2.07. The van der Waals surface area contributed by atoms with Gasteiger partial charge < -0.3 is 9.47 Å². The molecule has 0 aromatic heterocycles. The van der Waals surface area contributed by atoms with Crippen molar-refractivity contribution in [1.29, 1.82) is 0 Å². The quantitative estimate of drug-likeness (QED) is 0.381. The predicted molar refractivity (Wildman–Crippen MR) is 60.3 cm³/mol. The molecule has 3 heteroatoms. The molecule has 0 aromatic carbocycles. The van der Waals surface area contributed by atoms with Crippen LogP contribution in [0.15, 0.2) is 49.3 Å². The van der Waals surface area contributed by atoms with Crippen molar-refractivity contribution in [3.8, 4) is 0 Å². The highest BCUT2D eigenvalue weighted by atomic mass is 16.7. The maximum Gasteiger partial charge on any atom is 0.513 e. The molecule has 0 atom stereocenters. The van der Waals surface area contributed by atoms with Gasteiger partial charge in [0.25, 0.3) is 0 Å². The zero-order valence-corrected chi connectivity index (χ0v) is 9.04. The molecular weight excluding hydrogens is 192 g/mol. The third kappa shape index (κ3) is 4.86. The summed E-state index contributed by atoms with van der Waals surface area (Å²) in [4.78, 5) is 10.8. The van der Waals surface area contributed by atoms with Crippen LogP contribution in [0.2, 0.25) is 0 Å². The van der Waals surface area contributed by atoms with E-state index in [0.717, 1.165) is 18.3 Å². The summed E-state index contributed by atoms with van der Waals surface area (Å²) in [7, 11) is 0.